The maximum atomic E-state index is 10.6. The predicted octanol–water partition coefficient (Wildman–Crippen LogP) is 1.55. The van der Waals surface area contributed by atoms with Crippen molar-refractivity contribution in [3.8, 4) is 0 Å². The van der Waals surface area contributed by atoms with Gasteiger partial charge in [-0.1, -0.05) is 13.8 Å². The fraction of sp³-hybridized carbons (Fsp3) is 0.500. The minimum absolute atomic E-state index is 0.343. The highest BCUT2D eigenvalue weighted by molar-refractivity contribution is 5.58. The number of nitrogens with zero attached hydrogens (tertiary/aromatic N) is 2. The first kappa shape index (κ1) is 9.84. The molecule has 1 rings (SSSR count). The van der Waals surface area contributed by atoms with E-state index >= 15 is 0 Å². The quantitative estimate of drug-likeness (QED) is 0.659. The summed E-state index contributed by atoms with van der Waals surface area (Å²) in [6.45, 7) is 5.67. The number of rotatable bonds is 3. The molecule has 0 unspecified atom stereocenters. The molecular weight excluding hydrogens is 164 g/mol. The van der Waals surface area contributed by atoms with Crippen molar-refractivity contribution in [2.75, 3.05) is 0 Å². The van der Waals surface area contributed by atoms with Crippen LogP contribution in [-0.4, -0.2) is 16.5 Å². The van der Waals surface area contributed by atoms with E-state index in [-0.39, 0.29) is 5.41 Å². The third-order valence-electron chi connectivity index (χ3n) is 1.81. The first-order valence-corrected chi connectivity index (χ1v) is 4.29. The predicted molar refractivity (Wildman–Crippen MR) is 50.3 cm³/mol. The van der Waals surface area contributed by atoms with Gasteiger partial charge in [0, 0.05) is 11.8 Å². The molecule has 0 fully saturated rings. The summed E-state index contributed by atoms with van der Waals surface area (Å²) in [6, 6.07) is 3.82. The molecule has 13 heavy (non-hydrogen) atoms. The molecule has 1 heterocycles. The summed E-state index contributed by atoms with van der Waals surface area (Å²) in [4.78, 5) is 10.6. The first-order valence-electron chi connectivity index (χ1n) is 4.29. The van der Waals surface area contributed by atoms with Crippen molar-refractivity contribution in [2.24, 2.45) is 5.41 Å². The molecule has 0 radical (unpaired) electrons. The van der Waals surface area contributed by atoms with Gasteiger partial charge < -0.3 is 4.79 Å². The fourth-order valence-corrected chi connectivity index (χ4v) is 1.03. The van der Waals surface area contributed by atoms with Crippen LogP contribution in [0.2, 0.25) is 0 Å². The highest BCUT2D eigenvalue weighted by Gasteiger charge is 2.17. The van der Waals surface area contributed by atoms with E-state index in [4.69, 9.17) is 0 Å². The molecule has 3 heteroatoms. The highest BCUT2D eigenvalue weighted by Crippen LogP contribution is 2.16. The first-order chi connectivity index (χ1) is 6.03. The number of aryl methyl sites for hydroxylation is 1. The second-order valence-electron chi connectivity index (χ2n) is 3.95. The molecule has 0 aliphatic rings. The van der Waals surface area contributed by atoms with E-state index < -0.39 is 0 Å². The molecule has 0 bridgehead atoms. The van der Waals surface area contributed by atoms with Gasteiger partial charge in [-0.05, 0) is 19.1 Å². The van der Waals surface area contributed by atoms with E-state index in [1.54, 1.807) is 0 Å². The van der Waals surface area contributed by atoms with Crippen LogP contribution in [0.5, 0.6) is 0 Å². The Bertz CT molecular complexity index is 290. The molecule has 0 saturated heterocycles. The smallest absolute Gasteiger partial charge is 0.125 e. The van der Waals surface area contributed by atoms with Crippen molar-refractivity contribution in [3.63, 3.8) is 0 Å². The summed E-state index contributed by atoms with van der Waals surface area (Å²) >= 11 is 0. The van der Waals surface area contributed by atoms with E-state index in [9.17, 15) is 4.79 Å². The van der Waals surface area contributed by atoms with Crippen LogP contribution in [-0.2, 0) is 11.2 Å². The Morgan fingerprint density at radius 2 is 2.08 bits per heavy atom. The van der Waals surface area contributed by atoms with E-state index in [0.29, 0.717) is 6.42 Å². The van der Waals surface area contributed by atoms with E-state index in [2.05, 4.69) is 10.2 Å². The lowest BCUT2D eigenvalue weighted by Gasteiger charge is -2.14. The zero-order chi connectivity index (χ0) is 9.90. The Kier molecular flexibility index (Phi) is 2.76. The molecule has 0 amide bonds. The van der Waals surface area contributed by atoms with E-state index in [0.717, 1.165) is 17.7 Å². The van der Waals surface area contributed by atoms with Gasteiger partial charge in [-0.25, -0.2) is 0 Å². The number of carbonyl (C=O) groups is 1. The zero-order valence-electron chi connectivity index (χ0n) is 8.24. The van der Waals surface area contributed by atoms with Crippen molar-refractivity contribution < 1.29 is 4.79 Å². The summed E-state index contributed by atoms with van der Waals surface area (Å²) in [5.74, 6) is 0. The number of aldehydes is 1. The van der Waals surface area contributed by atoms with E-state index in [1.807, 2.05) is 32.9 Å². The molecule has 0 atom stereocenters. The van der Waals surface area contributed by atoms with Crippen LogP contribution in [0.4, 0.5) is 0 Å². The summed E-state index contributed by atoms with van der Waals surface area (Å²) in [5.41, 5.74) is 1.42. The average molecular weight is 178 g/mol. The zero-order valence-corrected chi connectivity index (χ0v) is 8.24. The van der Waals surface area contributed by atoms with Crippen molar-refractivity contribution in [2.45, 2.75) is 27.2 Å². The van der Waals surface area contributed by atoms with Gasteiger partial charge in [-0.3, -0.25) is 0 Å². The second kappa shape index (κ2) is 3.64. The fourth-order valence-electron chi connectivity index (χ4n) is 1.03. The van der Waals surface area contributed by atoms with Crippen LogP contribution in [0.15, 0.2) is 12.1 Å². The Morgan fingerprint density at radius 1 is 1.38 bits per heavy atom. The normalized spacial score (nSPS) is 11.3. The Hall–Kier alpha value is -1.25. The van der Waals surface area contributed by atoms with E-state index in [1.165, 1.54) is 0 Å². The molecule has 70 valence electrons. The molecule has 0 aliphatic carbocycles. The molecule has 0 saturated carbocycles. The lowest BCUT2D eigenvalue weighted by Crippen LogP contribution is -2.17. The lowest BCUT2D eigenvalue weighted by atomic mass is 9.90. The van der Waals surface area contributed by atoms with Crippen molar-refractivity contribution in [3.05, 3.63) is 23.5 Å². The van der Waals surface area contributed by atoms with Crippen molar-refractivity contribution >= 4 is 6.29 Å². The number of hydrogen-bond acceptors (Lipinski definition) is 3. The molecule has 0 aromatic carbocycles. The SMILES string of the molecule is Cc1ccc(CC(C)(C)C=O)nn1. The standard InChI is InChI=1S/C10H14N2O/c1-8-4-5-9(12-11-8)6-10(2,3)7-13/h4-5,7H,6H2,1-3H3. The summed E-state index contributed by atoms with van der Waals surface area (Å²) in [6.07, 6.45) is 1.60. The monoisotopic (exact) mass is 178 g/mol. The summed E-state index contributed by atoms with van der Waals surface area (Å²) in [5, 5.41) is 7.93. The summed E-state index contributed by atoms with van der Waals surface area (Å²) < 4.78 is 0. The van der Waals surface area contributed by atoms with Crippen LogP contribution in [0, 0.1) is 12.3 Å². The van der Waals surface area contributed by atoms with Crippen molar-refractivity contribution in [1.82, 2.24) is 10.2 Å². The summed E-state index contributed by atoms with van der Waals surface area (Å²) in [7, 11) is 0. The maximum absolute atomic E-state index is 10.6. The highest BCUT2D eigenvalue weighted by atomic mass is 16.1. The van der Waals surface area contributed by atoms with Gasteiger partial charge in [0.05, 0.1) is 11.4 Å². The van der Waals surface area contributed by atoms with Gasteiger partial charge in [0.15, 0.2) is 0 Å². The number of hydrogen-bond donors (Lipinski definition) is 0. The molecule has 1 aromatic heterocycles. The van der Waals surface area contributed by atoms with Crippen LogP contribution in [0.25, 0.3) is 0 Å². The third-order valence-corrected chi connectivity index (χ3v) is 1.81. The molecule has 1 aromatic rings. The molecule has 0 spiro atoms. The van der Waals surface area contributed by atoms with Crippen LogP contribution >= 0.6 is 0 Å². The Balaban J connectivity index is 2.75. The minimum atomic E-state index is -0.343. The number of aromatic nitrogens is 2. The molecule has 0 N–H and O–H groups in total. The second-order valence-corrected chi connectivity index (χ2v) is 3.95. The Morgan fingerprint density at radius 3 is 2.54 bits per heavy atom. The van der Waals surface area contributed by atoms with Gasteiger partial charge in [-0.15, -0.1) is 0 Å². The van der Waals surface area contributed by atoms with Gasteiger partial charge >= 0.3 is 0 Å². The lowest BCUT2D eigenvalue weighted by molar-refractivity contribution is -0.114. The van der Waals surface area contributed by atoms with Gasteiger partial charge in [-0.2, -0.15) is 10.2 Å². The van der Waals surface area contributed by atoms with Crippen molar-refractivity contribution in [1.29, 1.82) is 0 Å². The molecule has 0 aliphatic heterocycles. The van der Waals surface area contributed by atoms with Gasteiger partial charge in [0.25, 0.3) is 0 Å². The number of carbonyl (C=O) groups excluding carboxylic acids is 1. The largest absolute Gasteiger partial charge is 0.303 e. The van der Waals surface area contributed by atoms with Gasteiger partial charge in [0.2, 0.25) is 0 Å². The van der Waals surface area contributed by atoms with Crippen LogP contribution in [0.1, 0.15) is 25.2 Å². The minimum Gasteiger partial charge on any atom is -0.303 e. The Labute approximate surface area is 78.2 Å². The molecular formula is C10H14N2O. The third kappa shape index (κ3) is 2.93. The topological polar surface area (TPSA) is 42.9 Å². The maximum Gasteiger partial charge on any atom is 0.125 e. The van der Waals surface area contributed by atoms with Crippen LogP contribution < -0.4 is 0 Å². The average Bonchev–Trinajstić information content (AvgIpc) is 2.09. The van der Waals surface area contributed by atoms with Crippen LogP contribution in [0.3, 0.4) is 0 Å². The molecule has 3 nitrogen and oxygen atoms in total. The van der Waals surface area contributed by atoms with Gasteiger partial charge in [0.1, 0.15) is 6.29 Å².